The van der Waals surface area contributed by atoms with Gasteiger partial charge in [-0.2, -0.15) is 0 Å². The number of carbonyl (C=O) groups excluding carboxylic acids is 4. The van der Waals surface area contributed by atoms with Gasteiger partial charge in [0.25, 0.3) is 5.91 Å². The number of amides is 1. The van der Waals surface area contributed by atoms with Gasteiger partial charge in [0, 0.05) is 37.7 Å². The van der Waals surface area contributed by atoms with E-state index >= 15 is 0 Å². The molecule has 1 aromatic carbocycles. The maximum Gasteiger partial charge on any atom is 0.306 e. The summed E-state index contributed by atoms with van der Waals surface area (Å²) in [6, 6.07) is 0.574. The molecule has 1 fully saturated rings. The van der Waals surface area contributed by atoms with Crippen molar-refractivity contribution in [3.05, 3.63) is 39.7 Å². The summed E-state index contributed by atoms with van der Waals surface area (Å²) in [6.45, 7) is 6.03. The Bertz CT molecular complexity index is 1470. The Morgan fingerprint density at radius 2 is 1.74 bits per heavy atom. The lowest BCUT2D eigenvalue weighted by atomic mass is 9.57. The van der Waals surface area contributed by atoms with Gasteiger partial charge in [-0.15, -0.1) is 0 Å². The molecule has 1 amide bonds. The Hall–Kier alpha value is -3.90. The number of primary amides is 1. The van der Waals surface area contributed by atoms with Crippen LogP contribution in [0.15, 0.2) is 23.0 Å². The van der Waals surface area contributed by atoms with Gasteiger partial charge in [-0.25, -0.2) is 0 Å². The molecule has 0 aliphatic heterocycles. The maximum absolute atomic E-state index is 14.1. The largest absolute Gasteiger partial charge is 0.508 e. The van der Waals surface area contributed by atoms with Gasteiger partial charge in [0.1, 0.15) is 22.8 Å². The zero-order valence-corrected chi connectivity index (χ0v) is 25.6. The Morgan fingerprint density at radius 3 is 2.28 bits per heavy atom. The second kappa shape index (κ2) is 11.0. The lowest BCUT2D eigenvalue weighted by Crippen LogP contribution is -2.65. The first-order chi connectivity index (χ1) is 19.8. The summed E-state index contributed by atoms with van der Waals surface area (Å²) in [6.07, 6.45) is 0.224. The fourth-order valence-electron chi connectivity index (χ4n) is 6.54. The third kappa shape index (κ3) is 5.27. The minimum Gasteiger partial charge on any atom is -0.508 e. The second-order valence-electron chi connectivity index (χ2n) is 13.3. The number of nitrogens with two attached hydrogens (primary N) is 1. The number of aliphatic hydroxyl groups excluding tert-OH is 2. The summed E-state index contributed by atoms with van der Waals surface area (Å²) in [7, 11) is 6.67. The van der Waals surface area contributed by atoms with Crippen LogP contribution in [0.1, 0.15) is 50.3 Å². The summed E-state index contributed by atoms with van der Waals surface area (Å²) in [5, 5.41) is 45.8. The van der Waals surface area contributed by atoms with Crippen LogP contribution in [0.5, 0.6) is 5.75 Å². The zero-order chi connectivity index (χ0) is 32.3. The molecule has 12 nitrogen and oxygen atoms in total. The van der Waals surface area contributed by atoms with Gasteiger partial charge in [0.2, 0.25) is 5.78 Å². The number of anilines is 1. The number of ketones is 2. The molecule has 3 aliphatic carbocycles. The van der Waals surface area contributed by atoms with Crippen LogP contribution in [0.2, 0.25) is 0 Å². The third-order valence-electron chi connectivity index (χ3n) is 8.52. The highest BCUT2D eigenvalue weighted by atomic mass is 16.5. The van der Waals surface area contributed by atoms with Crippen molar-refractivity contribution in [3.8, 4) is 5.75 Å². The Kier molecular flexibility index (Phi) is 8.18. The number of phenolic OH excluding ortho intramolecular Hbond substituents is 1. The van der Waals surface area contributed by atoms with E-state index in [2.05, 4.69) is 0 Å². The van der Waals surface area contributed by atoms with Crippen LogP contribution < -0.4 is 10.6 Å². The SMILES string of the molecule is CN(C)c1cc(CCC(=O)OCC(C)(C)C)c(O)c2c1CC1CC3C(N(C)C)C(=O)C(C(N)=O)=C(O)C3(O)C(=O)C1=C2O. The number of rotatable bonds is 7. The van der Waals surface area contributed by atoms with Crippen molar-refractivity contribution in [2.75, 3.05) is 39.7 Å². The van der Waals surface area contributed by atoms with Crippen molar-refractivity contribution < 1.29 is 44.3 Å². The van der Waals surface area contributed by atoms with E-state index in [0.29, 0.717) is 16.8 Å². The molecule has 0 aromatic heterocycles. The standard InChI is InChI=1S/C31H41N3O9/c1-30(2,3)13-43-19(35)9-8-14-12-18(33(4)5)16-10-15-11-17-23(34(6)7)26(38)22(29(32)41)28(40)31(17,42)27(39)20(15)25(37)21(16)24(14)36/h12,15,17,23,36-37,40,42H,8-11,13H2,1-7H3,(H2,32,41). The Balaban J connectivity index is 1.84. The topological polar surface area (TPSA) is 191 Å². The molecule has 234 valence electrons. The summed E-state index contributed by atoms with van der Waals surface area (Å²) in [5.74, 6) is -7.48. The number of benzene rings is 1. The number of Topliss-reactive ketones (excluding diaryl/α,β-unsaturated/α-hetero) is 2. The molecule has 1 aromatic rings. The number of aromatic hydroxyl groups is 1. The molecule has 4 atom stereocenters. The molecule has 1 saturated carbocycles. The van der Waals surface area contributed by atoms with E-state index in [1.54, 1.807) is 39.2 Å². The lowest BCUT2D eigenvalue weighted by molar-refractivity contribution is -0.153. The lowest BCUT2D eigenvalue weighted by Gasteiger charge is -2.50. The molecule has 0 saturated heterocycles. The summed E-state index contributed by atoms with van der Waals surface area (Å²) in [4.78, 5) is 55.2. The molecular formula is C31H41N3O9. The number of phenols is 1. The van der Waals surface area contributed by atoms with E-state index in [-0.39, 0.29) is 54.6 Å². The molecule has 0 spiro atoms. The summed E-state index contributed by atoms with van der Waals surface area (Å²) < 4.78 is 5.34. The highest BCUT2D eigenvalue weighted by Crippen LogP contribution is 2.54. The minimum absolute atomic E-state index is 0.000755. The first-order valence-corrected chi connectivity index (χ1v) is 14.2. The van der Waals surface area contributed by atoms with E-state index in [0.717, 1.165) is 0 Å². The van der Waals surface area contributed by atoms with Gasteiger partial charge in [-0.1, -0.05) is 20.8 Å². The van der Waals surface area contributed by atoms with Crippen LogP contribution in [-0.4, -0.2) is 95.2 Å². The molecule has 3 aliphatic rings. The molecule has 0 radical (unpaired) electrons. The van der Waals surface area contributed by atoms with Crippen LogP contribution in [0.25, 0.3) is 5.76 Å². The van der Waals surface area contributed by atoms with Crippen LogP contribution in [0.3, 0.4) is 0 Å². The summed E-state index contributed by atoms with van der Waals surface area (Å²) in [5.41, 5.74) is 2.89. The molecule has 12 heteroatoms. The van der Waals surface area contributed by atoms with Crippen molar-refractivity contribution in [3.63, 3.8) is 0 Å². The predicted molar refractivity (Wildman–Crippen MR) is 157 cm³/mol. The van der Waals surface area contributed by atoms with Crippen LogP contribution >= 0.6 is 0 Å². The monoisotopic (exact) mass is 599 g/mol. The molecular weight excluding hydrogens is 558 g/mol. The van der Waals surface area contributed by atoms with Crippen molar-refractivity contribution in [1.82, 2.24) is 4.90 Å². The first kappa shape index (κ1) is 32.0. The van der Waals surface area contributed by atoms with Crippen molar-refractivity contribution in [1.29, 1.82) is 0 Å². The van der Waals surface area contributed by atoms with Gasteiger partial charge < -0.3 is 35.8 Å². The minimum atomic E-state index is -2.71. The van der Waals surface area contributed by atoms with E-state index in [1.807, 2.05) is 20.8 Å². The number of nitrogens with zero attached hydrogens (tertiary/aromatic N) is 2. The molecule has 0 bridgehead atoms. The maximum atomic E-state index is 14.1. The number of esters is 1. The zero-order valence-electron chi connectivity index (χ0n) is 25.6. The van der Waals surface area contributed by atoms with Crippen LogP contribution in [-0.2, 0) is 36.8 Å². The third-order valence-corrected chi connectivity index (χ3v) is 8.52. The predicted octanol–water partition coefficient (Wildman–Crippen LogP) is 1.55. The highest BCUT2D eigenvalue weighted by Gasteiger charge is 2.64. The molecule has 43 heavy (non-hydrogen) atoms. The number of hydrogen-bond donors (Lipinski definition) is 5. The average molecular weight is 600 g/mol. The van der Waals surface area contributed by atoms with Crippen molar-refractivity contribution in [2.24, 2.45) is 23.0 Å². The Labute approximate surface area is 250 Å². The van der Waals surface area contributed by atoms with Gasteiger partial charge in [-0.05, 0) is 61.9 Å². The number of hydrogen-bond acceptors (Lipinski definition) is 11. The van der Waals surface area contributed by atoms with Crippen molar-refractivity contribution in [2.45, 2.75) is 58.1 Å². The number of aliphatic hydroxyl groups is 3. The number of likely N-dealkylation sites (N-methyl/N-ethyl adjacent to an activating group) is 1. The van der Waals surface area contributed by atoms with Gasteiger partial charge in [0.15, 0.2) is 11.4 Å². The van der Waals surface area contributed by atoms with Gasteiger partial charge >= 0.3 is 5.97 Å². The normalized spacial score (nSPS) is 25.4. The molecule has 4 unspecified atom stereocenters. The molecule has 4 rings (SSSR count). The number of carbonyl (C=O) groups is 4. The second-order valence-corrected chi connectivity index (χ2v) is 13.3. The number of ether oxygens (including phenoxy) is 1. The van der Waals surface area contributed by atoms with Crippen LogP contribution in [0.4, 0.5) is 5.69 Å². The van der Waals surface area contributed by atoms with E-state index in [1.165, 1.54) is 4.90 Å². The van der Waals surface area contributed by atoms with Crippen molar-refractivity contribution >= 4 is 34.9 Å². The summed E-state index contributed by atoms with van der Waals surface area (Å²) >= 11 is 0. The quantitative estimate of drug-likeness (QED) is 0.226. The van der Waals surface area contributed by atoms with E-state index in [4.69, 9.17) is 10.5 Å². The first-order valence-electron chi connectivity index (χ1n) is 14.2. The molecule has 6 N–H and O–H groups in total. The van der Waals surface area contributed by atoms with Crippen LogP contribution in [0, 0.1) is 17.3 Å². The Morgan fingerprint density at radius 1 is 1.12 bits per heavy atom. The fraction of sp³-hybridized carbons (Fsp3) is 0.548. The average Bonchev–Trinajstić information content (AvgIpc) is 2.88. The van der Waals surface area contributed by atoms with Gasteiger partial charge in [-0.3, -0.25) is 24.1 Å². The van der Waals surface area contributed by atoms with E-state index in [9.17, 15) is 39.6 Å². The fourth-order valence-corrected chi connectivity index (χ4v) is 6.54. The van der Waals surface area contributed by atoms with Gasteiger partial charge in [0.05, 0.1) is 18.2 Å². The highest BCUT2D eigenvalue weighted by molar-refractivity contribution is 6.24. The smallest absolute Gasteiger partial charge is 0.306 e. The number of aryl methyl sites for hydroxylation is 1. The molecule has 0 heterocycles. The number of fused-ring (bicyclic) bond motifs is 3. The van der Waals surface area contributed by atoms with E-state index < -0.39 is 64.0 Å².